The minimum absolute atomic E-state index is 0.00314. The van der Waals surface area contributed by atoms with E-state index in [4.69, 9.17) is 14.2 Å². The number of rotatable bonds is 10. The molecule has 8 heteroatoms. The first kappa shape index (κ1) is 21.2. The van der Waals surface area contributed by atoms with E-state index < -0.39 is 22.0 Å². The second-order valence-electron chi connectivity index (χ2n) is 5.48. The zero-order valence-corrected chi connectivity index (χ0v) is 16.2. The Morgan fingerprint density at radius 2 is 1.72 bits per heavy atom. The Balaban J connectivity index is 3.19. The number of esters is 1. The molecule has 0 unspecified atom stereocenters. The van der Waals surface area contributed by atoms with Crippen molar-refractivity contribution in [1.82, 2.24) is 4.72 Å². The number of carbonyl (C=O) groups excluding carboxylic acids is 1. The lowest BCUT2D eigenvalue weighted by atomic mass is 10.0. The van der Waals surface area contributed by atoms with Crippen molar-refractivity contribution in [2.75, 3.05) is 20.3 Å². The number of benzene rings is 1. The van der Waals surface area contributed by atoms with Gasteiger partial charge in [-0.25, -0.2) is 8.42 Å². The Hall–Kier alpha value is -1.80. The zero-order chi connectivity index (χ0) is 19.0. The lowest BCUT2D eigenvalue weighted by Crippen LogP contribution is -2.45. The summed E-state index contributed by atoms with van der Waals surface area (Å²) < 4.78 is 43.4. The highest BCUT2D eigenvalue weighted by Gasteiger charge is 2.30. The minimum atomic E-state index is -3.93. The van der Waals surface area contributed by atoms with Gasteiger partial charge in [0, 0.05) is 6.07 Å². The molecule has 0 spiro atoms. The van der Waals surface area contributed by atoms with Crippen molar-refractivity contribution >= 4 is 16.0 Å². The van der Waals surface area contributed by atoms with Gasteiger partial charge in [0.25, 0.3) is 0 Å². The highest BCUT2D eigenvalue weighted by molar-refractivity contribution is 7.89. The van der Waals surface area contributed by atoms with Crippen molar-refractivity contribution in [2.45, 2.75) is 45.1 Å². The van der Waals surface area contributed by atoms with Crippen LogP contribution >= 0.6 is 0 Å². The Morgan fingerprint density at radius 1 is 1.12 bits per heavy atom. The fourth-order valence-corrected chi connectivity index (χ4v) is 3.50. The Morgan fingerprint density at radius 3 is 2.24 bits per heavy atom. The van der Waals surface area contributed by atoms with Gasteiger partial charge in [0.05, 0.1) is 25.2 Å². The third-order valence-electron chi connectivity index (χ3n) is 3.78. The maximum atomic E-state index is 12.7. The Bertz CT molecular complexity index is 674. The van der Waals surface area contributed by atoms with Crippen molar-refractivity contribution in [1.29, 1.82) is 0 Å². The predicted octanol–water partition coefficient (Wildman–Crippen LogP) is 2.35. The molecular formula is C17H27NO6S. The van der Waals surface area contributed by atoms with Crippen LogP contribution in [0.5, 0.6) is 11.5 Å². The second-order valence-corrected chi connectivity index (χ2v) is 7.20. The molecule has 1 aromatic carbocycles. The zero-order valence-electron chi connectivity index (χ0n) is 15.4. The molecule has 1 aromatic rings. The van der Waals surface area contributed by atoms with Gasteiger partial charge in [-0.15, -0.1) is 0 Å². The van der Waals surface area contributed by atoms with Crippen LogP contribution in [-0.2, 0) is 19.6 Å². The van der Waals surface area contributed by atoms with Crippen LogP contribution in [0.1, 0.15) is 34.1 Å². The molecule has 0 fully saturated rings. The van der Waals surface area contributed by atoms with Gasteiger partial charge in [0.15, 0.2) is 11.5 Å². The number of hydrogen-bond donors (Lipinski definition) is 1. The average molecular weight is 373 g/mol. The molecule has 0 aliphatic heterocycles. The van der Waals surface area contributed by atoms with Crippen LogP contribution in [0.3, 0.4) is 0 Å². The Labute approximate surface area is 149 Å². The van der Waals surface area contributed by atoms with Crippen LogP contribution in [-0.4, -0.2) is 40.8 Å². The van der Waals surface area contributed by atoms with Gasteiger partial charge in [0.1, 0.15) is 6.04 Å². The van der Waals surface area contributed by atoms with Crippen molar-refractivity contribution in [2.24, 2.45) is 5.92 Å². The molecule has 7 nitrogen and oxygen atoms in total. The normalized spacial score (nSPS) is 13.8. The SMILES string of the molecule is CCOc1ccc(S(=O)(=O)N[C@@H](C(=O)OC)[C@H](C)CC)cc1OCC. The maximum absolute atomic E-state index is 12.7. The molecule has 142 valence electrons. The quantitative estimate of drug-likeness (QED) is 0.633. The monoisotopic (exact) mass is 373 g/mol. The summed E-state index contributed by atoms with van der Waals surface area (Å²) in [6.45, 7) is 8.09. The van der Waals surface area contributed by atoms with Crippen molar-refractivity contribution in [3.8, 4) is 11.5 Å². The smallest absolute Gasteiger partial charge is 0.324 e. The van der Waals surface area contributed by atoms with E-state index in [1.54, 1.807) is 19.9 Å². The first-order valence-corrected chi connectivity index (χ1v) is 9.78. The molecule has 0 aromatic heterocycles. The highest BCUT2D eigenvalue weighted by Crippen LogP contribution is 2.30. The number of sulfonamides is 1. The van der Waals surface area contributed by atoms with E-state index >= 15 is 0 Å². The fourth-order valence-electron chi connectivity index (χ4n) is 2.19. The predicted molar refractivity (Wildman–Crippen MR) is 94.4 cm³/mol. The van der Waals surface area contributed by atoms with Crippen molar-refractivity contribution in [3.63, 3.8) is 0 Å². The van der Waals surface area contributed by atoms with Gasteiger partial charge in [-0.1, -0.05) is 20.3 Å². The van der Waals surface area contributed by atoms with Crippen LogP contribution in [0.25, 0.3) is 0 Å². The lowest BCUT2D eigenvalue weighted by Gasteiger charge is -2.22. The third kappa shape index (κ3) is 5.61. The van der Waals surface area contributed by atoms with Gasteiger partial charge in [-0.3, -0.25) is 4.79 Å². The first-order valence-electron chi connectivity index (χ1n) is 8.30. The van der Waals surface area contributed by atoms with Crippen molar-refractivity contribution in [3.05, 3.63) is 18.2 Å². The molecule has 0 aliphatic rings. The average Bonchev–Trinajstić information content (AvgIpc) is 2.60. The molecule has 0 bridgehead atoms. The lowest BCUT2D eigenvalue weighted by molar-refractivity contribution is -0.143. The summed E-state index contributed by atoms with van der Waals surface area (Å²) in [4.78, 5) is 11.9. The summed E-state index contributed by atoms with van der Waals surface area (Å²) in [5.74, 6) is -0.0229. The van der Waals surface area contributed by atoms with Gasteiger partial charge in [-0.05, 0) is 31.9 Å². The molecule has 25 heavy (non-hydrogen) atoms. The van der Waals surface area contributed by atoms with E-state index in [9.17, 15) is 13.2 Å². The van der Waals surface area contributed by atoms with Crippen LogP contribution in [0, 0.1) is 5.92 Å². The minimum Gasteiger partial charge on any atom is -0.490 e. The van der Waals surface area contributed by atoms with Crippen molar-refractivity contribution < 1.29 is 27.4 Å². The molecule has 0 aliphatic carbocycles. The molecule has 0 saturated heterocycles. The van der Waals surface area contributed by atoms with Gasteiger partial charge < -0.3 is 14.2 Å². The topological polar surface area (TPSA) is 90.9 Å². The standard InChI is InChI=1S/C17H27NO6S/c1-6-12(4)16(17(19)22-5)18-25(20,21)13-9-10-14(23-7-2)15(11-13)24-8-3/h9-12,16,18H,6-8H2,1-5H3/t12-,16-/m1/s1. The summed E-state index contributed by atoms with van der Waals surface area (Å²) in [7, 11) is -2.70. The summed E-state index contributed by atoms with van der Waals surface area (Å²) in [5, 5.41) is 0. The summed E-state index contributed by atoms with van der Waals surface area (Å²) in [5.41, 5.74) is 0. The molecule has 0 saturated carbocycles. The molecule has 0 heterocycles. The molecule has 0 amide bonds. The van der Waals surface area contributed by atoms with E-state index in [1.807, 2.05) is 13.8 Å². The molecule has 1 N–H and O–H groups in total. The fraction of sp³-hybridized carbons (Fsp3) is 0.588. The molecule has 0 radical (unpaired) electrons. The second kappa shape index (κ2) is 9.62. The molecule has 2 atom stereocenters. The van der Waals surface area contributed by atoms with E-state index in [0.29, 0.717) is 31.1 Å². The third-order valence-corrected chi connectivity index (χ3v) is 5.21. The van der Waals surface area contributed by atoms with Crippen LogP contribution in [0.2, 0.25) is 0 Å². The molecule has 1 rings (SSSR count). The number of ether oxygens (including phenoxy) is 3. The van der Waals surface area contributed by atoms with Crippen LogP contribution in [0.4, 0.5) is 0 Å². The summed E-state index contributed by atoms with van der Waals surface area (Å²) in [6, 6.07) is 3.39. The maximum Gasteiger partial charge on any atom is 0.324 e. The first-order chi connectivity index (χ1) is 11.8. The highest BCUT2D eigenvalue weighted by atomic mass is 32.2. The van der Waals surface area contributed by atoms with E-state index in [0.717, 1.165) is 0 Å². The van der Waals surface area contributed by atoms with Gasteiger partial charge >= 0.3 is 5.97 Å². The number of nitrogens with one attached hydrogen (secondary N) is 1. The van der Waals surface area contributed by atoms with E-state index in [2.05, 4.69) is 4.72 Å². The van der Waals surface area contributed by atoms with Gasteiger partial charge in [-0.2, -0.15) is 4.72 Å². The summed E-state index contributed by atoms with van der Waals surface area (Å²) in [6.07, 6.45) is 0.621. The van der Waals surface area contributed by atoms with E-state index in [-0.39, 0.29) is 10.8 Å². The van der Waals surface area contributed by atoms with E-state index in [1.165, 1.54) is 19.2 Å². The number of carbonyl (C=O) groups is 1. The molecular weight excluding hydrogens is 346 g/mol. The van der Waals surface area contributed by atoms with Crippen LogP contribution in [0.15, 0.2) is 23.1 Å². The van der Waals surface area contributed by atoms with Gasteiger partial charge in [0.2, 0.25) is 10.0 Å². The Kier molecular flexibility index (Phi) is 8.18. The summed E-state index contributed by atoms with van der Waals surface area (Å²) >= 11 is 0. The number of hydrogen-bond acceptors (Lipinski definition) is 6. The van der Waals surface area contributed by atoms with Crippen LogP contribution < -0.4 is 14.2 Å². The number of methoxy groups -OCH3 is 1. The largest absolute Gasteiger partial charge is 0.490 e.